The maximum Gasteiger partial charge on any atom is 0.270 e. The van der Waals surface area contributed by atoms with E-state index in [-0.39, 0.29) is 5.69 Å². The lowest BCUT2D eigenvalue weighted by Crippen LogP contribution is -2.17. The first-order valence-corrected chi connectivity index (χ1v) is 8.06. The minimum atomic E-state index is -0.450. The number of aromatic nitrogens is 3. The lowest BCUT2D eigenvalue weighted by molar-refractivity contribution is -0.384. The van der Waals surface area contributed by atoms with Gasteiger partial charge in [0, 0.05) is 29.6 Å². The fourth-order valence-corrected chi connectivity index (χ4v) is 2.84. The van der Waals surface area contributed by atoms with E-state index in [1.807, 2.05) is 24.3 Å². The van der Waals surface area contributed by atoms with Crippen LogP contribution in [0.2, 0.25) is 0 Å². The predicted octanol–water partition coefficient (Wildman–Crippen LogP) is 3.04. The average Bonchev–Trinajstić information content (AvgIpc) is 3.16. The quantitative estimate of drug-likeness (QED) is 0.500. The summed E-state index contributed by atoms with van der Waals surface area (Å²) >= 11 is 1.61. The summed E-state index contributed by atoms with van der Waals surface area (Å²) in [6.07, 6.45) is 0. The van der Waals surface area contributed by atoms with Crippen LogP contribution in [0.15, 0.2) is 34.2 Å². The van der Waals surface area contributed by atoms with Crippen molar-refractivity contribution in [3.05, 3.63) is 56.4 Å². The molecule has 0 saturated heterocycles. The van der Waals surface area contributed by atoms with E-state index >= 15 is 0 Å². The molecule has 1 aromatic carbocycles. The molecular weight excluding hydrogens is 330 g/mol. The monoisotopic (exact) mass is 345 g/mol. The average molecular weight is 345 g/mol. The summed E-state index contributed by atoms with van der Waals surface area (Å²) < 4.78 is 5.24. The molecule has 0 atom stereocenters. The fourth-order valence-electron chi connectivity index (χ4n) is 2.24. The van der Waals surface area contributed by atoms with E-state index in [1.165, 1.54) is 12.1 Å². The molecular formula is C15H15N5O3S. The van der Waals surface area contributed by atoms with Crippen molar-refractivity contribution < 1.29 is 9.45 Å². The lowest BCUT2D eigenvalue weighted by Gasteiger charge is -2.11. The molecule has 3 aromatic rings. The zero-order chi connectivity index (χ0) is 17.1. The van der Waals surface area contributed by atoms with Gasteiger partial charge in [0.2, 0.25) is 11.7 Å². The number of non-ortho nitro benzene ring substituents is 1. The van der Waals surface area contributed by atoms with Gasteiger partial charge in [-0.2, -0.15) is 4.98 Å². The van der Waals surface area contributed by atoms with Gasteiger partial charge in [-0.15, -0.1) is 11.3 Å². The van der Waals surface area contributed by atoms with E-state index in [1.54, 1.807) is 23.5 Å². The number of nitrogens with zero attached hydrogens (tertiary/aromatic N) is 5. The molecule has 3 rings (SSSR count). The molecule has 24 heavy (non-hydrogen) atoms. The summed E-state index contributed by atoms with van der Waals surface area (Å²) in [4.78, 5) is 21.1. The van der Waals surface area contributed by atoms with Crippen molar-refractivity contribution in [2.45, 2.75) is 20.0 Å². The van der Waals surface area contributed by atoms with E-state index in [4.69, 9.17) is 4.52 Å². The molecule has 0 bridgehead atoms. The van der Waals surface area contributed by atoms with Gasteiger partial charge in [0.15, 0.2) is 0 Å². The number of nitro benzene ring substituents is 1. The van der Waals surface area contributed by atoms with Crippen LogP contribution in [0.4, 0.5) is 5.69 Å². The van der Waals surface area contributed by atoms with Gasteiger partial charge < -0.3 is 4.52 Å². The van der Waals surface area contributed by atoms with Crippen LogP contribution >= 0.6 is 11.3 Å². The van der Waals surface area contributed by atoms with Crippen molar-refractivity contribution in [2.24, 2.45) is 0 Å². The van der Waals surface area contributed by atoms with E-state index in [0.717, 1.165) is 10.7 Å². The van der Waals surface area contributed by atoms with Crippen molar-refractivity contribution in [1.82, 2.24) is 20.0 Å². The molecule has 2 heterocycles. The summed E-state index contributed by atoms with van der Waals surface area (Å²) in [5, 5.41) is 17.8. The highest BCUT2D eigenvalue weighted by atomic mass is 32.1. The number of thiazole rings is 1. The highest BCUT2D eigenvalue weighted by Gasteiger charge is 2.14. The Morgan fingerprint density at radius 1 is 1.33 bits per heavy atom. The van der Waals surface area contributed by atoms with Crippen LogP contribution < -0.4 is 0 Å². The normalized spacial score (nSPS) is 11.1. The third-order valence-electron chi connectivity index (χ3n) is 3.29. The summed E-state index contributed by atoms with van der Waals surface area (Å²) in [5.41, 5.74) is 1.55. The minimum absolute atomic E-state index is 0.00475. The van der Waals surface area contributed by atoms with Crippen molar-refractivity contribution in [2.75, 3.05) is 7.05 Å². The summed E-state index contributed by atoms with van der Waals surface area (Å²) in [7, 11) is 1.94. The van der Waals surface area contributed by atoms with Gasteiger partial charge in [-0.05, 0) is 14.0 Å². The molecule has 0 N–H and O–H groups in total. The highest BCUT2D eigenvalue weighted by molar-refractivity contribution is 7.09. The molecule has 0 aliphatic rings. The Kier molecular flexibility index (Phi) is 4.63. The first kappa shape index (κ1) is 16.2. The number of hydrogen-bond acceptors (Lipinski definition) is 8. The van der Waals surface area contributed by atoms with E-state index in [0.29, 0.717) is 30.4 Å². The first-order chi connectivity index (χ1) is 11.5. The Labute approximate surface area is 141 Å². The molecule has 0 fully saturated rings. The molecule has 8 nitrogen and oxygen atoms in total. The van der Waals surface area contributed by atoms with Crippen molar-refractivity contribution in [3.8, 4) is 11.4 Å². The van der Waals surface area contributed by atoms with E-state index in [9.17, 15) is 10.1 Å². The first-order valence-electron chi connectivity index (χ1n) is 7.18. The van der Waals surface area contributed by atoms with Gasteiger partial charge in [0.1, 0.15) is 0 Å². The van der Waals surface area contributed by atoms with Crippen LogP contribution in [0.5, 0.6) is 0 Å². The van der Waals surface area contributed by atoms with Crippen LogP contribution in [0.3, 0.4) is 0 Å². The fraction of sp³-hybridized carbons (Fsp3) is 0.267. The largest absolute Gasteiger partial charge is 0.338 e. The van der Waals surface area contributed by atoms with Gasteiger partial charge in [-0.25, -0.2) is 4.98 Å². The lowest BCUT2D eigenvalue weighted by atomic mass is 10.2. The van der Waals surface area contributed by atoms with E-state index < -0.39 is 4.92 Å². The Hall–Kier alpha value is -2.65. The maximum atomic E-state index is 10.8. The van der Waals surface area contributed by atoms with Crippen molar-refractivity contribution >= 4 is 17.0 Å². The standard InChI is InChI=1S/C15H15N5O3S/c1-10-16-12(9-24-10)7-19(2)8-14-17-15(18-23-14)11-4-3-5-13(6-11)20(21)22/h3-6,9H,7-8H2,1-2H3. The molecule has 124 valence electrons. The Balaban J connectivity index is 1.69. The predicted molar refractivity (Wildman–Crippen MR) is 88.4 cm³/mol. The van der Waals surface area contributed by atoms with Gasteiger partial charge in [0.25, 0.3) is 5.69 Å². The Morgan fingerprint density at radius 3 is 2.88 bits per heavy atom. The molecule has 0 aliphatic heterocycles. The number of benzene rings is 1. The van der Waals surface area contributed by atoms with Gasteiger partial charge in [-0.3, -0.25) is 15.0 Å². The summed E-state index contributed by atoms with van der Waals surface area (Å²) in [6.45, 7) is 3.12. The number of hydrogen-bond donors (Lipinski definition) is 0. The zero-order valence-electron chi connectivity index (χ0n) is 13.2. The van der Waals surface area contributed by atoms with Gasteiger partial charge in [0.05, 0.1) is 22.2 Å². The molecule has 0 saturated carbocycles. The number of nitro groups is 1. The smallest absolute Gasteiger partial charge is 0.270 e. The molecule has 0 amide bonds. The van der Waals surface area contributed by atoms with Crippen molar-refractivity contribution in [1.29, 1.82) is 0 Å². The highest BCUT2D eigenvalue weighted by Crippen LogP contribution is 2.21. The molecule has 9 heteroatoms. The van der Waals surface area contributed by atoms with Crippen LogP contribution in [0.25, 0.3) is 11.4 Å². The zero-order valence-corrected chi connectivity index (χ0v) is 14.0. The van der Waals surface area contributed by atoms with Gasteiger partial charge >= 0.3 is 0 Å². The number of rotatable bonds is 6. The molecule has 0 unspecified atom stereocenters. The third kappa shape index (κ3) is 3.81. The Bertz CT molecular complexity index is 860. The third-order valence-corrected chi connectivity index (χ3v) is 4.11. The Morgan fingerprint density at radius 2 is 2.17 bits per heavy atom. The maximum absolute atomic E-state index is 10.8. The van der Waals surface area contributed by atoms with Crippen molar-refractivity contribution in [3.63, 3.8) is 0 Å². The SMILES string of the molecule is Cc1nc(CN(C)Cc2nc(-c3cccc([N+](=O)[O-])c3)no2)cs1. The van der Waals surface area contributed by atoms with Crippen LogP contribution in [0.1, 0.15) is 16.6 Å². The van der Waals surface area contributed by atoms with Crippen LogP contribution in [-0.2, 0) is 13.1 Å². The minimum Gasteiger partial charge on any atom is -0.338 e. The summed E-state index contributed by atoms with van der Waals surface area (Å²) in [5.74, 6) is 0.789. The number of aryl methyl sites for hydroxylation is 1. The summed E-state index contributed by atoms with van der Waals surface area (Å²) in [6, 6.07) is 6.16. The molecule has 0 spiro atoms. The van der Waals surface area contributed by atoms with E-state index in [2.05, 4.69) is 15.1 Å². The molecule has 0 aliphatic carbocycles. The second-order valence-electron chi connectivity index (χ2n) is 5.35. The van der Waals surface area contributed by atoms with Gasteiger partial charge in [-0.1, -0.05) is 17.3 Å². The van der Waals surface area contributed by atoms with Crippen LogP contribution in [0, 0.1) is 17.0 Å². The second-order valence-corrected chi connectivity index (χ2v) is 6.41. The van der Waals surface area contributed by atoms with Crippen LogP contribution in [-0.4, -0.2) is 32.0 Å². The molecule has 2 aromatic heterocycles. The topological polar surface area (TPSA) is 98.2 Å². The molecule has 0 radical (unpaired) electrons. The second kappa shape index (κ2) is 6.85.